The average molecular weight is 398 g/mol. The molecule has 2 aromatic carbocycles. The van der Waals surface area contributed by atoms with Crippen LogP contribution in [0.5, 0.6) is 11.5 Å². The Kier molecular flexibility index (Phi) is 6.36. The number of methoxy groups -OCH3 is 1. The van der Waals surface area contributed by atoms with Gasteiger partial charge in [-0.25, -0.2) is 4.79 Å². The molecular formula is C24H18N2O4. The molecule has 30 heavy (non-hydrogen) atoms. The number of Topliss-reactive ketones (excluding diaryl/α,β-unsaturated/α-hetero) is 1. The topological polar surface area (TPSA) is 89.3 Å². The molecule has 0 radical (unpaired) electrons. The first-order chi connectivity index (χ1) is 14.5. The number of hydrogen-bond donors (Lipinski definition) is 0. The van der Waals surface area contributed by atoms with Gasteiger partial charge in [-0.1, -0.05) is 29.8 Å². The maximum atomic E-state index is 12.7. The van der Waals surface area contributed by atoms with Gasteiger partial charge in [0.05, 0.1) is 12.7 Å². The number of nitrogens with zero attached hydrogens (tertiary/aromatic N) is 2. The monoisotopic (exact) mass is 398 g/mol. The first kappa shape index (κ1) is 20.5. The number of allylic oxidation sites excluding steroid dienone is 1. The van der Waals surface area contributed by atoms with Crippen molar-refractivity contribution in [3.8, 4) is 17.6 Å². The van der Waals surface area contributed by atoms with Gasteiger partial charge in [-0.3, -0.25) is 9.78 Å². The average Bonchev–Trinajstić information content (AvgIpc) is 2.78. The lowest BCUT2D eigenvalue weighted by molar-refractivity contribution is 0.0729. The number of esters is 1. The molecule has 0 bridgehead atoms. The fourth-order valence-electron chi connectivity index (χ4n) is 2.76. The van der Waals surface area contributed by atoms with E-state index in [1.54, 1.807) is 48.5 Å². The molecule has 1 heterocycles. The summed E-state index contributed by atoms with van der Waals surface area (Å²) in [6, 6.07) is 16.9. The SMILES string of the molecule is COc1cc(/C=C(\C#N)C(=O)c2cccc(C)c2)ccc1OC(=O)c1ccncc1. The number of hydrogen-bond acceptors (Lipinski definition) is 6. The van der Waals surface area contributed by atoms with Gasteiger partial charge in [0.25, 0.3) is 0 Å². The molecule has 0 N–H and O–H groups in total. The standard InChI is InChI=1S/C24H18N2O4/c1-16-4-3-5-19(12-16)23(27)20(15-25)13-17-6-7-21(22(14-17)29-2)30-24(28)18-8-10-26-11-9-18/h3-14H,1-2H3/b20-13+. The van der Waals surface area contributed by atoms with E-state index >= 15 is 0 Å². The van der Waals surface area contributed by atoms with Crippen molar-refractivity contribution in [2.24, 2.45) is 0 Å². The highest BCUT2D eigenvalue weighted by Gasteiger charge is 2.15. The van der Waals surface area contributed by atoms with Gasteiger partial charge in [0, 0.05) is 18.0 Å². The Hall–Kier alpha value is -4.24. The van der Waals surface area contributed by atoms with Crippen molar-refractivity contribution in [2.45, 2.75) is 6.92 Å². The van der Waals surface area contributed by atoms with Crippen LogP contribution in [0.25, 0.3) is 6.08 Å². The number of carbonyl (C=O) groups is 2. The minimum absolute atomic E-state index is 0.0100. The van der Waals surface area contributed by atoms with Crippen molar-refractivity contribution < 1.29 is 19.1 Å². The van der Waals surface area contributed by atoms with Gasteiger partial charge in [-0.2, -0.15) is 5.26 Å². The highest BCUT2D eigenvalue weighted by atomic mass is 16.6. The zero-order valence-corrected chi connectivity index (χ0v) is 16.5. The summed E-state index contributed by atoms with van der Waals surface area (Å²) < 4.78 is 10.7. The van der Waals surface area contributed by atoms with Gasteiger partial charge in [0.1, 0.15) is 11.6 Å². The van der Waals surface area contributed by atoms with E-state index in [1.165, 1.54) is 25.6 Å². The van der Waals surface area contributed by atoms with Crippen LogP contribution >= 0.6 is 0 Å². The van der Waals surface area contributed by atoms with Gasteiger partial charge in [0.15, 0.2) is 11.5 Å². The quantitative estimate of drug-likeness (QED) is 0.201. The predicted octanol–water partition coefficient (Wildman–Crippen LogP) is 4.41. The fourth-order valence-corrected chi connectivity index (χ4v) is 2.76. The summed E-state index contributed by atoms with van der Waals surface area (Å²) in [5.41, 5.74) is 2.28. The Labute approximate surface area is 174 Å². The first-order valence-electron chi connectivity index (χ1n) is 9.05. The van der Waals surface area contributed by atoms with E-state index in [1.807, 2.05) is 19.1 Å². The molecular weight excluding hydrogens is 380 g/mol. The summed E-state index contributed by atoms with van der Waals surface area (Å²) in [7, 11) is 1.44. The molecule has 0 aliphatic carbocycles. The number of aryl methyl sites for hydroxylation is 1. The second kappa shape index (κ2) is 9.30. The van der Waals surface area contributed by atoms with Crippen molar-refractivity contribution in [3.05, 3.63) is 94.8 Å². The minimum atomic E-state index is -0.550. The first-order valence-corrected chi connectivity index (χ1v) is 9.05. The highest BCUT2D eigenvalue weighted by Crippen LogP contribution is 2.30. The van der Waals surface area contributed by atoms with Crippen LogP contribution in [0.1, 0.15) is 31.8 Å². The van der Waals surface area contributed by atoms with E-state index < -0.39 is 5.97 Å². The molecule has 0 fully saturated rings. The summed E-state index contributed by atoms with van der Waals surface area (Å²) in [6.07, 6.45) is 4.47. The van der Waals surface area contributed by atoms with Crippen LogP contribution in [0.3, 0.4) is 0 Å². The third-order valence-electron chi connectivity index (χ3n) is 4.26. The molecule has 0 aliphatic rings. The van der Waals surface area contributed by atoms with E-state index in [0.29, 0.717) is 22.4 Å². The minimum Gasteiger partial charge on any atom is -0.493 e. The van der Waals surface area contributed by atoms with Crippen LogP contribution in [0.15, 0.2) is 72.6 Å². The summed E-state index contributed by atoms with van der Waals surface area (Å²) in [4.78, 5) is 28.8. The summed E-state index contributed by atoms with van der Waals surface area (Å²) in [5, 5.41) is 9.47. The highest BCUT2D eigenvalue weighted by molar-refractivity contribution is 6.14. The van der Waals surface area contributed by atoms with E-state index in [4.69, 9.17) is 9.47 Å². The Balaban J connectivity index is 1.87. The Morgan fingerprint density at radius 3 is 2.43 bits per heavy atom. The molecule has 6 heteroatoms. The zero-order valence-electron chi connectivity index (χ0n) is 16.5. The lowest BCUT2D eigenvalue weighted by Gasteiger charge is -2.10. The van der Waals surface area contributed by atoms with Crippen LogP contribution in [0.2, 0.25) is 0 Å². The van der Waals surface area contributed by atoms with Crippen molar-refractivity contribution in [1.29, 1.82) is 5.26 Å². The maximum absolute atomic E-state index is 12.7. The molecule has 0 spiro atoms. The van der Waals surface area contributed by atoms with Gasteiger partial charge in [-0.15, -0.1) is 0 Å². The molecule has 3 rings (SSSR count). The van der Waals surface area contributed by atoms with Crippen LogP contribution in [-0.2, 0) is 0 Å². The predicted molar refractivity (Wildman–Crippen MR) is 111 cm³/mol. The molecule has 0 saturated carbocycles. The third-order valence-corrected chi connectivity index (χ3v) is 4.26. The van der Waals surface area contributed by atoms with Crippen LogP contribution in [-0.4, -0.2) is 23.8 Å². The van der Waals surface area contributed by atoms with Gasteiger partial charge < -0.3 is 9.47 Å². The van der Waals surface area contributed by atoms with Crippen molar-refractivity contribution in [2.75, 3.05) is 7.11 Å². The molecule has 0 atom stereocenters. The Morgan fingerprint density at radius 1 is 1.00 bits per heavy atom. The molecule has 148 valence electrons. The summed E-state index contributed by atoms with van der Waals surface area (Å²) >= 11 is 0. The van der Waals surface area contributed by atoms with Gasteiger partial charge in [0.2, 0.25) is 5.78 Å². The van der Waals surface area contributed by atoms with Gasteiger partial charge in [-0.05, 0) is 48.9 Å². The van der Waals surface area contributed by atoms with Crippen molar-refractivity contribution in [1.82, 2.24) is 4.98 Å². The molecule has 0 amide bonds. The number of carbonyl (C=O) groups excluding carboxylic acids is 2. The number of ether oxygens (including phenoxy) is 2. The summed E-state index contributed by atoms with van der Waals surface area (Å²) in [5.74, 6) is -0.397. The second-order valence-electron chi connectivity index (χ2n) is 6.40. The number of rotatable bonds is 6. The normalized spacial score (nSPS) is 10.8. The number of ketones is 1. The lowest BCUT2D eigenvalue weighted by atomic mass is 10.0. The van der Waals surface area contributed by atoms with Crippen molar-refractivity contribution >= 4 is 17.8 Å². The largest absolute Gasteiger partial charge is 0.493 e. The smallest absolute Gasteiger partial charge is 0.343 e. The lowest BCUT2D eigenvalue weighted by Crippen LogP contribution is -2.09. The second-order valence-corrected chi connectivity index (χ2v) is 6.40. The molecule has 3 aromatic rings. The van der Waals surface area contributed by atoms with Crippen LogP contribution in [0, 0.1) is 18.3 Å². The van der Waals surface area contributed by atoms with E-state index in [9.17, 15) is 14.9 Å². The number of aromatic nitrogens is 1. The van der Waals surface area contributed by atoms with E-state index in [0.717, 1.165) is 5.56 Å². The number of pyridine rings is 1. The van der Waals surface area contributed by atoms with E-state index in [-0.39, 0.29) is 17.1 Å². The van der Waals surface area contributed by atoms with Crippen LogP contribution < -0.4 is 9.47 Å². The molecule has 6 nitrogen and oxygen atoms in total. The van der Waals surface area contributed by atoms with Crippen LogP contribution in [0.4, 0.5) is 0 Å². The number of benzene rings is 2. The third kappa shape index (κ3) is 4.78. The molecule has 0 unspecified atom stereocenters. The summed E-state index contributed by atoms with van der Waals surface area (Å²) in [6.45, 7) is 1.88. The molecule has 1 aromatic heterocycles. The van der Waals surface area contributed by atoms with E-state index in [2.05, 4.69) is 4.98 Å². The van der Waals surface area contributed by atoms with Gasteiger partial charge >= 0.3 is 5.97 Å². The molecule has 0 aliphatic heterocycles. The Bertz CT molecular complexity index is 1160. The maximum Gasteiger partial charge on any atom is 0.343 e. The molecule has 0 saturated heterocycles. The Morgan fingerprint density at radius 2 is 1.77 bits per heavy atom. The van der Waals surface area contributed by atoms with Crippen molar-refractivity contribution in [3.63, 3.8) is 0 Å². The fraction of sp³-hybridized carbons (Fsp3) is 0.0833. The zero-order chi connectivity index (χ0) is 21.5. The number of nitriles is 1.